The summed E-state index contributed by atoms with van der Waals surface area (Å²) < 4.78 is 5.61. The Kier molecular flexibility index (Phi) is 5.64. The third-order valence-electron chi connectivity index (χ3n) is 5.89. The fraction of sp³-hybridized carbons (Fsp3) is 0.261. The molecule has 2 aromatic carbocycles. The van der Waals surface area contributed by atoms with Crippen molar-refractivity contribution in [2.45, 2.75) is 32.7 Å². The van der Waals surface area contributed by atoms with Crippen molar-refractivity contribution >= 4 is 29.1 Å². The highest BCUT2D eigenvalue weighted by Crippen LogP contribution is 2.35. The Morgan fingerprint density at radius 2 is 1.91 bits per heavy atom. The van der Waals surface area contributed by atoms with E-state index in [1.54, 1.807) is 23.4 Å². The SMILES string of the molecule is Cc1cc(-n2nccn2)c(C(=O)N2CCCC2c2nc(-c3cccc(Cl)c3C)no2)cc1Cl. The molecule has 0 bridgehead atoms. The molecular weight excluding hydrogens is 463 g/mol. The fourth-order valence-corrected chi connectivity index (χ4v) is 4.43. The minimum Gasteiger partial charge on any atom is -0.337 e. The van der Waals surface area contributed by atoms with Crippen molar-refractivity contribution in [3.05, 3.63) is 75.4 Å². The van der Waals surface area contributed by atoms with Gasteiger partial charge in [-0.15, -0.1) is 0 Å². The molecule has 1 amide bonds. The van der Waals surface area contributed by atoms with Gasteiger partial charge in [-0.3, -0.25) is 4.79 Å². The minimum absolute atomic E-state index is 0.189. The first kappa shape index (κ1) is 21.6. The van der Waals surface area contributed by atoms with E-state index >= 15 is 0 Å². The zero-order valence-electron chi connectivity index (χ0n) is 18.0. The van der Waals surface area contributed by atoms with Gasteiger partial charge in [-0.1, -0.05) is 40.5 Å². The largest absolute Gasteiger partial charge is 0.337 e. The summed E-state index contributed by atoms with van der Waals surface area (Å²) in [5.41, 5.74) is 3.48. The lowest BCUT2D eigenvalue weighted by Gasteiger charge is -2.23. The van der Waals surface area contributed by atoms with Crippen LogP contribution < -0.4 is 0 Å². The molecule has 0 radical (unpaired) electrons. The number of nitrogens with zero attached hydrogens (tertiary/aromatic N) is 6. The molecule has 0 N–H and O–H groups in total. The van der Waals surface area contributed by atoms with Crippen LogP contribution in [0.5, 0.6) is 0 Å². The second-order valence-electron chi connectivity index (χ2n) is 7.96. The number of halogens is 2. The standard InChI is InChI=1S/C23H20Cl2N6O2/c1-13-11-20(31-26-8-9-27-31)16(12-18(13)25)23(32)30-10-4-7-19(30)22-28-21(29-33-22)15-5-3-6-17(24)14(15)2/h3,5-6,8-9,11-12,19H,4,7,10H2,1-2H3. The van der Waals surface area contributed by atoms with E-state index in [0.717, 1.165) is 29.5 Å². The van der Waals surface area contributed by atoms with E-state index < -0.39 is 0 Å². The molecule has 1 unspecified atom stereocenters. The van der Waals surface area contributed by atoms with Crippen LogP contribution in [0.15, 0.2) is 47.2 Å². The Bertz CT molecular complexity index is 1330. The Hall–Kier alpha value is -3.23. The molecule has 168 valence electrons. The van der Waals surface area contributed by atoms with Crippen LogP contribution in [0, 0.1) is 13.8 Å². The average molecular weight is 483 g/mol. The van der Waals surface area contributed by atoms with Gasteiger partial charge in [0, 0.05) is 22.2 Å². The van der Waals surface area contributed by atoms with E-state index in [4.69, 9.17) is 27.7 Å². The predicted octanol–water partition coefficient (Wildman–Crippen LogP) is 5.22. The maximum Gasteiger partial charge on any atom is 0.256 e. The van der Waals surface area contributed by atoms with E-state index in [-0.39, 0.29) is 11.9 Å². The van der Waals surface area contributed by atoms with E-state index in [1.807, 2.05) is 38.1 Å². The van der Waals surface area contributed by atoms with Crippen LogP contribution in [0.25, 0.3) is 17.1 Å². The maximum absolute atomic E-state index is 13.7. The van der Waals surface area contributed by atoms with Crippen molar-refractivity contribution in [1.29, 1.82) is 0 Å². The summed E-state index contributed by atoms with van der Waals surface area (Å²) in [5.74, 6) is 0.654. The molecule has 5 rings (SSSR count). The van der Waals surface area contributed by atoms with E-state index in [9.17, 15) is 4.79 Å². The molecule has 0 aliphatic carbocycles. The number of aryl methyl sites for hydroxylation is 1. The number of likely N-dealkylation sites (tertiary alicyclic amines) is 1. The van der Waals surface area contributed by atoms with Crippen LogP contribution >= 0.6 is 23.2 Å². The molecule has 10 heteroatoms. The number of hydrogen-bond acceptors (Lipinski definition) is 6. The van der Waals surface area contributed by atoms with Crippen molar-refractivity contribution in [3.63, 3.8) is 0 Å². The highest BCUT2D eigenvalue weighted by atomic mass is 35.5. The lowest BCUT2D eigenvalue weighted by molar-refractivity contribution is 0.0709. The highest BCUT2D eigenvalue weighted by molar-refractivity contribution is 6.32. The first-order valence-corrected chi connectivity index (χ1v) is 11.3. The first-order chi connectivity index (χ1) is 15.9. The topological polar surface area (TPSA) is 89.9 Å². The molecule has 4 aromatic rings. The molecule has 1 aliphatic heterocycles. The van der Waals surface area contributed by atoms with Crippen LogP contribution in [0.4, 0.5) is 0 Å². The highest BCUT2D eigenvalue weighted by Gasteiger charge is 2.36. The van der Waals surface area contributed by atoms with Gasteiger partial charge >= 0.3 is 0 Å². The smallest absolute Gasteiger partial charge is 0.256 e. The van der Waals surface area contributed by atoms with Crippen molar-refractivity contribution in [1.82, 2.24) is 30.0 Å². The van der Waals surface area contributed by atoms with Gasteiger partial charge in [0.2, 0.25) is 11.7 Å². The Balaban J connectivity index is 1.49. The molecule has 1 aliphatic rings. The normalized spacial score (nSPS) is 15.9. The third-order valence-corrected chi connectivity index (χ3v) is 6.71. The number of amides is 1. The van der Waals surface area contributed by atoms with Gasteiger partial charge in [-0.25, -0.2) is 0 Å². The number of benzene rings is 2. The van der Waals surface area contributed by atoms with E-state index in [0.29, 0.717) is 39.6 Å². The van der Waals surface area contributed by atoms with Crippen molar-refractivity contribution in [3.8, 4) is 17.1 Å². The van der Waals surface area contributed by atoms with Crippen molar-refractivity contribution in [2.24, 2.45) is 0 Å². The van der Waals surface area contributed by atoms with Crippen LogP contribution in [0.3, 0.4) is 0 Å². The summed E-state index contributed by atoms with van der Waals surface area (Å²) in [7, 11) is 0. The van der Waals surface area contributed by atoms with Gasteiger partial charge in [0.05, 0.1) is 23.6 Å². The summed E-state index contributed by atoms with van der Waals surface area (Å²) in [6.45, 7) is 4.35. The van der Waals surface area contributed by atoms with Gasteiger partial charge in [-0.2, -0.15) is 20.0 Å². The Labute approximate surface area is 200 Å². The second-order valence-corrected chi connectivity index (χ2v) is 8.78. The Morgan fingerprint density at radius 1 is 1.12 bits per heavy atom. The summed E-state index contributed by atoms with van der Waals surface area (Å²) >= 11 is 12.6. The second kappa shape index (κ2) is 8.61. The zero-order chi connectivity index (χ0) is 23.1. The minimum atomic E-state index is -0.336. The quantitative estimate of drug-likeness (QED) is 0.396. The van der Waals surface area contributed by atoms with Gasteiger partial charge in [0.1, 0.15) is 6.04 Å². The lowest BCUT2D eigenvalue weighted by atomic mass is 10.1. The first-order valence-electron chi connectivity index (χ1n) is 10.5. The van der Waals surface area contributed by atoms with Gasteiger partial charge < -0.3 is 9.42 Å². The number of carbonyl (C=O) groups excluding carboxylic acids is 1. The molecule has 1 atom stereocenters. The molecule has 1 saturated heterocycles. The average Bonchev–Trinajstić information content (AvgIpc) is 3.58. The molecule has 3 heterocycles. The number of carbonyl (C=O) groups is 1. The summed E-state index contributed by atoms with van der Waals surface area (Å²) in [6, 6.07) is 8.70. The monoisotopic (exact) mass is 482 g/mol. The van der Waals surface area contributed by atoms with E-state index in [1.165, 1.54) is 4.80 Å². The van der Waals surface area contributed by atoms with Crippen LogP contribution in [0.2, 0.25) is 10.0 Å². The number of aromatic nitrogens is 5. The zero-order valence-corrected chi connectivity index (χ0v) is 19.5. The molecule has 0 saturated carbocycles. The van der Waals surface area contributed by atoms with Crippen LogP contribution in [0.1, 0.15) is 46.3 Å². The molecule has 0 spiro atoms. The summed E-state index contributed by atoms with van der Waals surface area (Å²) in [4.78, 5) is 21.5. The van der Waals surface area contributed by atoms with Gasteiger partial charge in [-0.05, 0) is 56.0 Å². The van der Waals surface area contributed by atoms with Crippen molar-refractivity contribution in [2.75, 3.05) is 6.54 Å². The molecular formula is C23H20Cl2N6O2. The fourth-order valence-electron chi connectivity index (χ4n) is 4.09. The number of rotatable bonds is 4. The maximum atomic E-state index is 13.7. The van der Waals surface area contributed by atoms with E-state index in [2.05, 4.69) is 20.3 Å². The van der Waals surface area contributed by atoms with Crippen LogP contribution in [-0.4, -0.2) is 42.5 Å². The van der Waals surface area contributed by atoms with Crippen LogP contribution in [-0.2, 0) is 0 Å². The molecule has 2 aromatic heterocycles. The number of hydrogen-bond donors (Lipinski definition) is 0. The third kappa shape index (κ3) is 3.89. The summed E-state index contributed by atoms with van der Waals surface area (Å²) in [6.07, 6.45) is 4.67. The molecule has 33 heavy (non-hydrogen) atoms. The lowest BCUT2D eigenvalue weighted by Crippen LogP contribution is -2.31. The molecule has 1 fully saturated rings. The molecule has 8 nitrogen and oxygen atoms in total. The van der Waals surface area contributed by atoms with Gasteiger partial charge in [0.15, 0.2) is 0 Å². The van der Waals surface area contributed by atoms with Crippen molar-refractivity contribution < 1.29 is 9.32 Å². The predicted molar refractivity (Wildman–Crippen MR) is 124 cm³/mol. The Morgan fingerprint density at radius 3 is 2.70 bits per heavy atom. The summed E-state index contributed by atoms with van der Waals surface area (Å²) in [5, 5.41) is 13.7. The van der Waals surface area contributed by atoms with Gasteiger partial charge in [0.25, 0.3) is 5.91 Å².